The van der Waals surface area contributed by atoms with Crippen LogP contribution < -0.4 is 0 Å². The van der Waals surface area contributed by atoms with E-state index in [0.717, 1.165) is 88.8 Å². The molecule has 2 aliphatic heterocycles. The Balaban J connectivity index is 0.915. The number of H-pyrrole nitrogens is 2. The SMILES string of the molecule is [CH2][C@@H](C(=O)N1CCC[C@H]1c1ncc(-c2ccc(-c3ccc(-c4cnc([C@@H]5CCCN5C(=O)Cc5cccnc5)[nH]4)cn3)cc2)[nH]1)c1ccccc1. The van der Waals surface area contributed by atoms with E-state index in [9.17, 15) is 9.59 Å². The molecule has 0 saturated carbocycles. The quantitative estimate of drug-likeness (QED) is 0.168. The number of rotatable bonds is 9. The van der Waals surface area contributed by atoms with Crippen molar-refractivity contribution in [1.82, 2.24) is 39.7 Å². The molecule has 0 spiro atoms. The Kier molecular flexibility index (Phi) is 8.96. The van der Waals surface area contributed by atoms with Crippen molar-refractivity contribution >= 4 is 11.8 Å². The molecule has 255 valence electrons. The Morgan fingerprint density at radius 3 is 2.02 bits per heavy atom. The zero-order chi connectivity index (χ0) is 34.7. The first-order valence-corrected chi connectivity index (χ1v) is 17.6. The first-order chi connectivity index (χ1) is 25.0. The van der Waals surface area contributed by atoms with Gasteiger partial charge in [-0.15, -0.1) is 0 Å². The van der Waals surface area contributed by atoms with Crippen molar-refractivity contribution in [1.29, 1.82) is 0 Å². The van der Waals surface area contributed by atoms with Crippen LogP contribution in [0.25, 0.3) is 33.8 Å². The smallest absolute Gasteiger partial charge is 0.230 e. The van der Waals surface area contributed by atoms with E-state index in [1.807, 2.05) is 83.0 Å². The van der Waals surface area contributed by atoms with Crippen molar-refractivity contribution in [2.75, 3.05) is 13.1 Å². The van der Waals surface area contributed by atoms with Gasteiger partial charge in [-0.25, -0.2) is 9.97 Å². The number of nitrogens with one attached hydrogen (secondary N) is 2. The van der Waals surface area contributed by atoms with Gasteiger partial charge in [-0.1, -0.05) is 60.7 Å². The highest BCUT2D eigenvalue weighted by Crippen LogP contribution is 2.35. The minimum absolute atomic E-state index is 0.0297. The minimum Gasteiger partial charge on any atom is -0.340 e. The van der Waals surface area contributed by atoms with Crippen LogP contribution in [0.3, 0.4) is 0 Å². The Morgan fingerprint density at radius 1 is 0.706 bits per heavy atom. The predicted octanol–water partition coefficient (Wildman–Crippen LogP) is 7.11. The Hall–Kier alpha value is -5.90. The molecule has 0 aliphatic carbocycles. The van der Waals surface area contributed by atoms with Crippen LogP contribution in [0.1, 0.15) is 66.5 Å². The van der Waals surface area contributed by atoms with Crippen LogP contribution in [0.4, 0.5) is 0 Å². The molecule has 3 atom stereocenters. The molecule has 2 N–H and O–H groups in total. The lowest BCUT2D eigenvalue weighted by molar-refractivity contribution is -0.133. The van der Waals surface area contributed by atoms with Crippen LogP contribution in [-0.2, 0) is 16.0 Å². The van der Waals surface area contributed by atoms with Crippen LogP contribution in [0.15, 0.2) is 110 Å². The predicted molar refractivity (Wildman–Crippen MR) is 195 cm³/mol. The summed E-state index contributed by atoms with van der Waals surface area (Å²) in [5.74, 6) is 1.28. The fourth-order valence-electron chi connectivity index (χ4n) is 7.32. The molecule has 2 saturated heterocycles. The van der Waals surface area contributed by atoms with Crippen LogP contribution in [-0.4, -0.2) is 64.6 Å². The standard InChI is InChI=1S/C41H39N8O2/c1-27(29-9-3-2-4-10-29)41(51)49-21-7-12-37(49)40-44-25-34(46-40)31-15-13-30(14-16-31)33-18-17-32(24-43-33)35-26-45-39(47-35)36-11-6-20-48(36)38(50)22-28-8-5-19-42-23-28/h2-5,8-10,13-19,23-27,36-37H,1,6-7,11-12,20-22H2,(H,44,46)(H,45,47)/t27-,36+,37+/m1/s1. The molecule has 0 bridgehead atoms. The third-order valence-corrected chi connectivity index (χ3v) is 10.1. The van der Waals surface area contributed by atoms with Gasteiger partial charge >= 0.3 is 0 Å². The van der Waals surface area contributed by atoms with Crippen molar-refractivity contribution in [3.05, 3.63) is 140 Å². The molecule has 6 heterocycles. The van der Waals surface area contributed by atoms with Gasteiger partial charge in [0, 0.05) is 42.8 Å². The minimum atomic E-state index is -0.447. The van der Waals surface area contributed by atoms with Gasteiger partial charge in [-0.3, -0.25) is 19.6 Å². The Bertz CT molecular complexity index is 2110. The molecule has 4 aromatic heterocycles. The molecular weight excluding hydrogens is 637 g/mol. The molecule has 2 fully saturated rings. The average Bonchev–Trinajstić information content (AvgIpc) is 4.02. The molecule has 0 unspecified atom stereocenters. The highest BCUT2D eigenvalue weighted by Gasteiger charge is 2.35. The number of nitrogens with zero attached hydrogens (tertiary/aromatic N) is 6. The first-order valence-electron chi connectivity index (χ1n) is 17.6. The largest absolute Gasteiger partial charge is 0.340 e. The average molecular weight is 676 g/mol. The maximum absolute atomic E-state index is 13.4. The zero-order valence-corrected chi connectivity index (χ0v) is 28.3. The second kappa shape index (κ2) is 14.1. The van der Waals surface area contributed by atoms with Gasteiger partial charge in [-0.05, 0) is 67.5 Å². The van der Waals surface area contributed by atoms with E-state index in [-0.39, 0.29) is 23.9 Å². The van der Waals surface area contributed by atoms with Crippen molar-refractivity contribution < 1.29 is 9.59 Å². The summed E-state index contributed by atoms with van der Waals surface area (Å²) < 4.78 is 0. The number of hydrogen-bond acceptors (Lipinski definition) is 6. The number of pyridine rings is 2. The highest BCUT2D eigenvalue weighted by atomic mass is 16.2. The van der Waals surface area contributed by atoms with E-state index < -0.39 is 5.92 Å². The summed E-state index contributed by atoms with van der Waals surface area (Å²) in [6, 6.07) is 25.6. The summed E-state index contributed by atoms with van der Waals surface area (Å²) in [4.78, 5) is 55.6. The van der Waals surface area contributed by atoms with E-state index in [1.54, 1.807) is 12.4 Å². The molecule has 2 aliphatic rings. The van der Waals surface area contributed by atoms with E-state index in [2.05, 4.69) is 51.1 Å². The lowest BCUT2D eigenvalue weighted by Gasteiger charge is -2.26. The van der Waals surface area contributed by atoms with Crippen LogP contribution >= 0.6 is 0 Å². The number of carbonyl (C=O) groups excluding carboxylic acids is 2. The van der Waals surface area contributed by atoms with Gasteiger partial charge in [-0.2, -0.15) is 0 Å². The van der Waals surface area contributed by atoms with Crippen LogP contribution in [0.2, 0.25) is 0 Å². The molecule has 1 radical (unpaired) electrons. The number of carbonyl (C=O) groups is 2. The van der Waals surface area contributed by atoms with E-state index >= 15 is 0 Å². The topological polar surface area (TPSA) is 124 Å². The fourth-order valence-corrected chi connectivity index (χ4v) is 7.32. The first kappa shape index (κ1) is 32.3. The molecule has 8 rings (SSSR count). The summed E-state index contributed by atoms with van der Waals surface area (Å²) in [5, 5.41) is 0. The number of hydrogen-bond donors (Lipinski definition) is 2. The zero-order valence-electron chi connectivity index (χ0n) is 28.3. The number of aromatic amines is 2. The van der Waals surface area contributed by atoms with Crippen molar-refractivity contribution in [2.24, 2.45) is 0 Å². The Morgan fingerprint density at radius 2 is 1.35 bits per heavy atom. The van der Waals surface area contributed by atoms with Crippen molar-refractivity contribution in [3.63, 3.8) is 0 Å². The maximum Gasteiger partial charge on any atom is 0.230 e. The number of imidazole rings is 2. The fraction of sp³-hybridized carbons (Fsp3) is 0.244. The summed E-state index contributed by atoms with van der Waals surface area (Å²) >= 11 is 0. The van der Waals surface area contributed by atoms with Gasteiger partial charge in [0.05, 0.1) is 53.9 Å². The molecule has 2 amide bonds. The lowest BCUT2D eigenvalue weighted by Crippen LogP contribution is -2.34. The lowest BCUT2D eigenvalue weighted by atomic mass is 9.99. The number of benzene rings is 2. The normalized spacial score (nSPS) is 17.9. The van der Waals surface area contributed by atoms with Crippen LogP contribution in [0, 0.1) is 6.92 Å². The summed E-state index contributed by atoms with van der Waals surface area (Å²) in [7, 11) is 0. The number of aromatic nitrogens is 6. The van der Waals surface area contributed by atoms with E-state index in [4.69, 9.17) is 9.97 Å². The van der Waals surface area contributed by atoms with Gasteiger partial charge < -0.3 is 19.8 Å². The number of likely N-dealkylation sites (tertiary alicyclic amines) is 2. The van der Waals surface area contributed by atoms with Crippen LogP contribution in [0.5, 0.6) is 0 Å². The van der Waals surface area contributed by atoms with Gasteiger partial charge in [0.1, 0.15) is 11.6 Å². The third kappa shape index (κ3) is 6.69. The summed E-state index contributed by atoms with van der Waals surface area (Å²) in [6.07, 6.45) is 12.9. The van der Waals surface area contributed by atoms with Crippen molar-refractivity contribution in [3.8, 4) is 33.8 Å². The third-order valence-electron chi connectivity index (χ3n) is 10.1. The van der Waals surface area contributed by atoms with Crippen molar-refractivity contribution in [2.45, 2.75) is 50.1 Å². The monoisotopic (exact) mass is 675 g/mol. The molecule has 10 heteroatoms. The van der Waals surface area contributed by atoms with Gasteiger partial charge in [0.2, 0.25) is 11.8 Å². The molecule has 10 nitrogen and oxygen atoms in total. The molecular formula is C41H39N8O2. The van der Waals surface area contributed by atoms with E-state index in [1.165, 1.54) is 0 Å². The van der Waals surface area contributed by atoms with E-state index in [0.29, 0.717) is 13.0 Å². The highest BCUT2D eigenvalue weighted by molar-refractivity contribution is 5.85. The number of amides is 2. The van der Waals surface area contributed by atoms with Gasteiger partial charge in [0.25, 0.3) is 0 Å². The molecule has 2 aromatic carbocycles. The Labute approximate surface area is 297 Å². The summed E-state index contributed by atoms with van der Waals surface area (Å²) in [5.41, 5.74) is 7.41. The molecule has 6 aromatic rings. The summed E-state index contributed by atoms with van der Waals surface area (Å²) in [6.45, 7) is 5.60. The maximum atomic E-state index is 13.4. The second-order valence-electron chi connectivity index (χ2n) is 13.3. The molecule has 51 heavy (non-hydrogen) atoms. The second-order valence-corrected chi connectivity index (χ2v) is 13.3. The van der Waals surface area contributed by atoms with Gasteiger partial charge in [0.15, 0.2) is 0 Å².